The van der Waals surface area contributed by atoms with Gasteiger partial charge in [-0.3, -0.25) is 0 Å². The highest BCUT2D eigenvalue weighted by atomic mass is 32.2. The Morgan fingerprint density at radius 3 is 2.61 bits per heavy atom. The monoisotopic (exact) mass is 267 g/mol. The fourth-order valence-corrected chi connectivity index (χ4v) is 2.68. The Labute approximate surface area is 105 Å². The Balaban J connectivity index is 2.47. The minimum absolute atomic E-state index is 0.0346. The smallest absolute Gasteiger partial charge is 0.270 e. The van der Waals surface area contributed by atoms with Crippen molar-refractivity contribution < 1.29 is 12.8 Å². The SMILES string of the molecule is Cc1ccc(N(C)S(=O)(=O)c2cccnc2N)o1. The van der Waals surface area contributed by atoms with E-state index in [4.69, 9.17) is 10.2 Å². The van der Waals surface area contributed by atoms with Gasteiger partial charge in [0.05, 0.1) is 0 Å². The van der Waals surface area contributed by atoms with E-state index < -0.39 is 10.0 Å². The summed E-state index contributed by atoms with van der Waals surface area (Å²) >= 11 is 0. The van der Waals surface area contributed by atoms with Crippen LogP contribution in [0.3, 0.4) is 0 Å². The summed E-state index contributed by atoms with van der Waals surface area (Å²) in [4.78, 5) is 3.73. The summed E-state index contributed by atoms with van der Waals surface area (Å²) in [5.74, 6) is 0.828. The van der Waals surface area contributed by atoms with Crippen molar-refractivity contribution in [3.05, 3.63) is 36.2 Å². The Hall–Kier alpha value is -2.02. The maximum atomic E-state index is 12.3. The lowest BCUT2D eigenvalue weighted by Gasteiger charge is -2.17. The van der Waals surface area contributed by atoms with Gasteiger partial charge in [0.15, 0.2) is 0 Å². The molecule has 0 unspecified atom stereocenters. The maximum absolute atomic E-state index is 12.3. The average Bonchev–Trinajstić information content (AvgIpc) is 2.75. The summed E-state index contributed by atoms with van der Waals surface area (Å²) in [7, 11) is -2.35. The van der Waals surface area contributed by atoms with E-state index in [-0.39, 0.29) is 16.6 Å². The van der Waals surface area contributed by atoms with Crippen LogP contribution in [0.2, 0.25) is 0 Å². The molecule has 18 heavy (non-hydrogen) atoms. The van der Waals surface area contributed by atoms with Gasteiger partial charge in [0.25, 0.3) is 10.0 Å². The van der Waals surface area contributed by atoms with Crippen LogP contribution < -0.4 is 10.0 Å². The highest BCUT2D eigenvalue weighted by Gasteiger charge is 2.25. The summed E-state index contributed by atoms with van der Waals surface area (Å²) in [5.41, 5.74) is 5.58. The van der Waals surface area contributed by atoms with Crippen LogP contribution in [-0.2, 0) is 10.0 Å². The zero-order chi connectivity index (χ0) is 13.3. The summed E-state index contributed by atoms with van der Waals surface area (Å²) in [5, 5.41) is 0. The number of hydrogen-bond donors (Lipinski definition) is 1. The van der Waals surface area contributed by atoms with Crippen LogP contribution in [0, 0.1) is 6.92 Å². The minimum atomic E-state index is -3.76. The summed E-state index contributed by atoms with van der Waals surface area (Å²) in [6.07, 6.45) is 1.44. The number of nitrogens with zero attached hydrogens (tertiary/aromatic N) is 2. The lowest BCUT2D eigenvalue weighted by molar-refractivity contribution is 0.534. The van der Waals surface area contributed by atoms with Crippen LogP contribution in [0.25, 0.3) is 0 Å². The minimum Gasteiger partial charge on any atom is -0.445 e. The molecule has 6 nitrogen and oxygen atoms in total. The van der Waals surface area contributed by atoms with Crippen molar-refractivity contribution in [2.45, 2.75) is 11.8 Å². The van der Waals surface area contributed by atoms with Crippen molar-refractivity contribution in [1.82, 2.24) is 4.98 Å². The third-order valence-corrected chi connectivity index (χ3v) is 4.28. The highest BCUT2D eigenvalue weighted by molar-refractivity contribution is 7.93. The normalized spacial score (nSPS) is 11.4. The zero-order valence-corrected chi connectivity index (χ0v) is 10.8. The number of furan rings is 1. The van der Waals surface area contributed by atoms with Crippen molar-refractivity contribution >= 4 is 21.7 Å². The van der Waals surface area contributed by atoms with Crippen LogP contribution >= 0.6 is 0 Å². The van der Waals surface area contributed by atoms with Gasteiger partial charge in [0.2, 0.25) is 5.88 Å². The largest absolute Gasteiger partial charge is 0.445 e. The van der Waals surface area contributed by atoms with Crippen LogP contribution in [0.1, 0.15) is 5.76 Å². The quantitative estimate of drug-likeness (QED) is 0.907. The molecule has 0 aliphatic rings. The van der Waals surface area contributed by atoms with E-state index in [0.29, 0.717) is 5.76 Å². The molecule has 0 spiro atoms. The molecule has 2 rings (SSSR count). The zero-order valence-electron chi connectivity index (χ0n) is 9.99. The van der Waals surface area contributed by atoms with Gasteiger partial charge in [0.1, 0.15) is 16.5 Å². The molecule has 2 N–H and O–H groups in total. The average molecular weight is 267 g/mol. The van der Waals surface area contributed by atoms with Gasteiger partial charge < -0.3 is 10.2 Å². The standard InChI is InChI=1S/C11H13N3O3S/c1-8-5-6-10(17-8)14(2)18(15,16)9-4-3-7-13-11(9)12/h3-7H,1-2H3,(H2,12,13). The third kappa shape index (κ3) is 2.04. The lowest BCUT2D eigenvalue weighted by atomic mass is 10.5. The number of rotatable bonds is 3. The summed E-state index contributed by atoms with van der Waals surface area (Å²) < 4.78 is 30.9. The summed E-state index contributed by atoms with van der Waals surface area (Å²) in [6, 6.07) is 6.20. The van der Waals surface area contributed by atoms with Gasteiger partial charge in [-0.25, -0.2) is 17.7 Å². The second-order valence-corrected chi connectivity index (χ2v) is 5.68. The fraction of sp³-hybridized carbons (Fsp3) is 0.182. The highest BCUT2D eigenvalue weighted by Crippen LogP contribution is 2.25. The third-order valence-electron chi connectivity index (χ3n) is 2.47. The van der Waals surface area contributed by atoms with E-state index in [2.05, 4.69) is 4.98 Å². The van der Waals surface area contributed by atoms with E-state index in [9.17, 15) is 8.42 Å². The van der Waals surface area contributed by atoms with Crippen molar-refractivity contribution in [3.8, 4) is 0 Å². The first-order valence-electron chi connectivity index (χ1n) is 5.19. The molecule has 0 fully saturated rings. The van der Waals surface area contributed by atoms with Crippen LogP contribution in [0.4, 0.5) is 11.7 Å². The van der Waals surface area contributed by atoms with Crippen LogP contribution in [-0.4, -0.2) is 20.4 Å². The second kappa shape index (κ2) is 4.34. The maximum Gasteiger partial charge on any atom is 0.270 e. The lowest BCUT2D eigenvalue weighted by Crippen LogP contribution is -2.27. The van der Waals surface area contributed by atoms with Gasteiger partial charge in [0, 0.05) is 19.3 Å². The molecule has 2 heterocycles. The Bertz CT molecular complexity index is 664. The molecule has 0 radical (unpaired) electrons. The topological polar surface area (TPSA) is 89.4 Å². The van der Waals surface area contributed by atoms with E-state index in [1.165, 1.54) is 25.4 Å². The predicted octanol–water partition coefficient (Wildman–Crippen LogP) is 1.39. The molecule has 0 amide bonds. The molecule has 0 aromatic carbocycles. The first-order valence-corrected chi connectivity index (χ1v) is 6.63. The Morgan fingerprint density at radius 2 is 2.06 bits per heavy atom. The number of nitrogen functional groups attached to an aromatic ring is 1. The predicted molar refractivity (Wildman–Crippen MR) is 67.7 cm³/mol. The molecular formula is C11H13N3O3S. The fourth-order valence-electron chi connectivity index (χ4n) is 1.48. The molecule has 2 aromatic rings. The first-order chi connectivity index (χ1) is 8.43. The van der Waals surface area contributed by atoms with Crippen molar-refractivity contribution in [3.63, 3.8) is 0 Å². The molecule has 0 aliphatic heterocycles. The number of pyridine rings is 1. The van der Waals surface area contributed by atoms with Gasteiger partial charge in [-0.2, -0.15) is 0 Å². The van der Waals surface area contributed by atoms with Crippen LogP contribution in [0.15, 0.2) is 39.8 Å². The number of hydrogen-bond acceptors (Lipinski definition) is 5. The second-order valence-electron chi connectivity index (χ2n) is 3.74. The number of aromatic nitrogens is 1. The molecule has 0 aliphatic carbocycles. The van der Waals surface area contributed by atoms with Gasteiger partial charge in [-0.1, -0.05) is 0 Å². The van der Waals surface area contributed by atoms with E-state index in [1.54, 1.807) is 19.1 Å². The molecule has 0 bridgehead atoms. The molecule has 7 heteroatoms. The Morgan fingerprint density at radius 1 is 1.33 bits per heavy atom. The van der Waals surface area contributed by atoms with Crippen LogP contribution in [0.5, 0.6) is 0 Å². The molecular weight excluding hydrogens is 254 g/mol. The van der Waals surface area contributed by atoms with E-state index in [1.807, 2.05) is 0 Å². The molecule has 2 aromatic heterocycles. The molecule has 96 valence electrons. The molecule has 0 atom stereocenters. The number of anilines is 2. The summed E-state index contributed by atoms with van der Waals surface area (Å²) in [6.45, 7) is 1.74. The van der Waals surface area contributed by atoms with Crippen molar-refractivity contribution in [1.29, 1.82) is 0 Å². The number of nitrogens with two attached hydrogens (primary N) is 1. The van der Waals surface area contributed by atoms with E-state index >= 15 is 0 Å². The molecule has 0 saturated carbocycles. The first kappa shape index (κ1) is 12.4. The molecule has 0 saturated heterocycles. The van der Waals surface area contributed by atoms with Gasteiger partial charge in [-0.05, 0) is 25.1 Å². The number of aryl methyl sites for hydroxylation is 1. The van der Waals surface area contributed by atoms with Gasteiger partial charge >= 0.3 is 0 Å². The number of sulfonamides is 1. The van der Waals surface area contributed by atoms with Crippen molar-refractivity contribution in [2.24, 2.45) is 0 Å². The van der Waals surface area contributed by atoms with Gasteiger partial charge in [-0.15, -0.1) is 0 Å². The van der Waals surface area contributed by atoms with Crippen molar-refractivity contribution in [2.75, 3.05) is 17.1 Å². The Kier molecular flexibility index (Phi) is 3.00. The van der Waals surface area contributed by atoms with E-state index in [0.717, 1.165) is 4.31 Å².